The van der Waals surface area contributed by atoms with Gasteiger partial charge in [0.05, 0.1) is 0 Å². The molecule has 0 spiro atoms. The number of nitrogens with one attached hydrogen (secondary N) is 1. The van der Waals surface area contributed by atoms with E-state index in [1.165, 1.54) is 0 Å². The van der Waals surface area contributed by atoms with Crippen molar-refractivity contribution in [2.75, 3.05) is 24.7 Å². The molecule has 2 aromatic carbocycles. The van der Waals surface area contributed by atoms with Crippen LogP contribution in [0.5, 0.6) is 5.75 Å². The summed E-state index contributed by atoms with van der Waals surface area (Å²) in [7, 11) is 0. The molecule has 0 fully saturated rings. The SMILES string of the molecule is CSc1ccccc1OCCNc1ccc(Cl)cc1. The van der Waals surface area contributed by atoms with Gasteiger partial charge in [0.1, 0.15) is 12.4 Å². The summed E-state index contributed by atoms with van der Waals surface area (Å²) in [6.45, 7) is 1.38. The fourth-order valence-corrected chi connectivity index (χ4v) is 2.33. The van der Waals surface area contributed by atoms with Gasteiger partial charge in [-0.3, -0.25) is 0 Å². The number of para-hydroxylation sites is 1. The Labute approximate surface area is 123 Å². The normalized spacial score (nSPS) is 10.2. The van der Waals surface area contributed by atoms with Crippen LogP contribution in [0.2, 0.25) is 5.02 Å². The van der Waals surface area contributed by atoms with Gasteiger partial charge in [0.2, 0.25) is 0 Å². The molecule has 19 heavy (non-hydrogen) atoms. The standard InChI is InChI=1S/C15H16ClNOS/c1-19-15-5-3-2-4-14(15)18-11-10-17-13-8-6-12(16)7-9-13/h2-9,17H,10-11H2,1H3. The predicted octanol–water partition coefficient (Wildman–Crippen LogP) is 4.55. The van der Waals surface area contributed by atoms with Gasteiger partial charge in [-0.25, -0.2) is 0 Å². The van der Waals surface area contributed by atoms with E-state index in [1.54, 1.807) is 11.8 Å². The molecule has 0 radical (unpaired) electrons. The van der Waals surface area contributed by atoms with Gasteiger partial charge >= 0.3 is 0 Å². The molecular formula is C15H16ClNOS. The minimum absolute atomic E-state index is 0.625. The minimum atomic E-state index is 0.625. The summed E-state index contributed by atoms with van der Waals surface area (Å²) in [6.07, 6.45) is 2.05. The number of hydrogen-bond donors (Lipinski definition) is 1. The van der Waals surface area contributed by atoms with Gasteiger partial charge in [0.25, 0.3) is 0 Å². The van der Waals surface area contributed by atoms with Crippen molar-refractivity contribution in [3.8, 4) is 5.75 Å². The van der Waals surface area contributed by atoms with Crippen LogP contribution in [0.15, 0.2) is 53.4 Å². The second-order valence-electron chi connectivity index (χ2n) is 3.93. The molecule has 2 nitrogen and oxygen atoms in total. The summed E-state index contributed by atoms with van der Waals surface area (Å²) in [5, 5.41) is 4.04. The lowest BCUT2D eigenvalue weighted by molar-refractivity contribution is 0.325. The Balaban J connectivity index is 1.79. The van der Waals surface area contributed by atoms with Crippen molar-refractivity contribution in [3.05, 3.63) is 53.6 Å². The fraction of sp³-hybridized carbons (Fsp3) is 0.200. The van der Waals surface area contributed by atoms with E-state index in [2.05, 4.69) is 11.4 Å². The zero-order valence-electron chi connectivity index (χ0n) is 10.7. The number of benzene rings is 2. The molecule has 1 N–H and O–H groups in total. The molecule has 0 aliphatic carbocycles. The molecule has 2 rings (SSSR count). The Hall–Kier alpha value is -1.32. The van der Waals surface area contributed by atoms with Crippen LogP contribution in [0.1, 0.15) is 0 Å². The Morgan fingerprint density at radius 1 is 1.11 bits per heavy atom. The molecule has 0 aliphatic rings. The van der Waals surface area contributed by atoms with Gasteiger partial charge in [-0.05, 0) is 42.7 Å². The van der Waals surface area contributed by atoms with E-state index in [9.17, 15) is 0 Å². The molecule has 0 heterocycles. The van der Waals surface area contributed by atoms with Crippen molar-refractivity contribution in [3.63, 3.8) is 0 Å². The highest BCUT2D eigenvalue weighted by Crippen LogP contribution is 2.26. The Bertz CT molecular complexity index is 516. The summed E-state index contributed by atoms with van der Waals surface area (Å²) in [5.74, 6) is 0.938. The van der Waals surface area contributed by atoms with Crippen LogP contribution >= 0.6 is 23.4 Å². The summed E-state index contributed by atoms with van der Waals surface area (Å²) < 4.78 is 5.76. The molecule has 0 bridgehead atoms. The molecule has 0 aliphatic heterocycles. The third-order valence-electron chi connectivity index (χ3n) is 2.60. The Kier molecular flexibility index (Phi) is 5.43. The van der Waals surface area contributed by atoms with Crippen molar-refractivity contribution in [1.82, 2.24) is 0 Å². The van der Waals surface area contributed by atoms with Crippen LogP contribution in [0.25, 0.3) is 0 Å². The third-order valence-corrected chi connectivity index (χ3v) is 3.63. The van der Waals surface area contributed by atoms with Gasteiger partial charge in [-0.15, -0.1) is 11.8 Å². The lowest BCUT2D eigenvalue weighted by Crippen LogP contribution is -2.11. The fourth-order valence-electron chi connectivity index (χ4n) is 1.66. The number of anilines is 1. The van der Waals surface area contributed by atoms with Crippen LogP contribution in [-0.2, 0) is 0 Å². The average Bonchev–Trinajstić information content (AvgIpc) is 2.46. The van der Waals surface area contributed by atoms with Gasteiger partial charge in [0, 0.05) is 22.2 Å². The molecule has 0 amide bonds. The molecule has 0 saturated carbocycles. The molecule has 0 atom stereocenters. The van der Waals surface area contributed by atoms with Gasteiger partial charge in [-0.2, -0.15) is 0 Å². The molecule has 0 unspecified atom stereocenters. The lowest BCUT2D eigenvalue weighted by Gasteiger charge is -2.11. The highest BCUT2D eigenvalue weighted by Gasteiger charge is 2.00. The first-order chi connectivity index (χ1) is 9.29. The van der Waals surface area contributed by atoms with Crippen LogP contribution in [0.3, 0.4) is 0 Å². The first-order valence-corrected chi connectivity index (χ1v) is 7.65. The number of ether oxygens (including phenoxy) is 1. The van der Waals surface area contributed by atoms with Crippen molar-refractivity contribution in [2.45, 2.75) is 4.90 Å². The lowest BCUT2D eigenvalue weighted by atomic mass is 10.3. The number of hydrogen-bond acceptors (Lipinski definition) is 3. The molecule has 0 aromatic heterocycles. The predicted molar refractivity (Wildman–Crippen MR) is 83.7 cm³/mol. The second kappa shape index (κ2) is 7.31. The molecule has 2 aromatic rings. The smallest absolute Gasteiger partial charge is 0.132 e. The summed E-state index contributed by atoms with van der Waals surface area (Å²) in [6, 6.07) is 15.7. The highest BCUT2D eigenvalue weighted by atomic mass is 35.5. The number of halogens is 1. The van der Waals surface area contributed by atoms with Crippen LogP contribution in [0, 0.1) is 0 Å². The van der Waals surface area contributed by atoms with Crippen LogP contribution in [-0.4, -0.2) is 19.4 Å². The van der Waals surface area contributed by atoms with E-state index in [-0.39, 0.29) is 0 Å². The van der Waals surface area contributed by atoms with Crippen molar-refractivity contribution in [1.29, 1.82) is 0 Å². The quantitative estimate of drug-likeness (QED) is 0.623. The topological polar surface area (TPSA) is 21.3 Å². The summed E-state index contributed by atoms with van der Waals surface area (Å²) >= 11 is 7.52. The van der Waals surface area contributed by atoms with E-state index in [1.807, 2.05) is 48.7 Å². The molecule has 100 valence electrons. The zero-order chi connectivity index (χ0) is 13.5. The zero-order valence-corrected chi connectivity index (χ0v) is 12.3. The van der Waals surface area contributed by atoms with E-state index >= 15 is 0 Å². The molecular weight excluding hydrogens is 278 g/mol. The maximum atomic E-state index is 5.83. The monoisotopic (exact) mass is 293 g/mol. The average molecular weight is 294 g/mol. The minimum Gasteiger partial charge on any atom is -0.491 e. The summed E-state index contributed by atoms with van der Waals surface area (Å²) in [5.41, 5.74) is 1.05. The second-order valence-corrected chi connectivity index (χ2v) is 5.22. The summed E-state index contributed by atoms with van der Waals surface area (Å²) in [4.78, 5) is 1.16. The number of thioether (sulfide) groups is 1. The van der Waals surface area contributed by atoms with E-state index in [0.717, 1.165) is 27.9 Å². The van der Waals surface area contributed by atoms with Gasteiger partial charge < -0.3 is 10.1 Å². The van der Waals surface area contributed by atoms with Crippen LogP contribution in [0.4, 0.5) is 5.69 Å². The maximum absolute atomic E-state index is 5.83. The first-order valence-electron chi connectivity index (χ1n) is 6.05. The molecule has 4 heteroatoms. The Morgan fingerprint density at radius 2 is 1.84 bits per heavy atom. The van der Waals surface area contributed by atoms with E-state index in [0.29, 0.717) is 6.61 Å². The largest absolute Gasteiger partial charge is 0.491 e. The van der Waals surface area contributed by atoms with E-state index < -0.39 is 0 Å². The van der Waals surface area contributed by atoms with Crippen molar-refractivity contribution < 1.29 is 4.74 Å². The van der Waals surface area contributed by atoms with E-state index in [4.69, 9.17) is 16.3 Å². The third kappa shape index (κ3) is 4.37. The van der Waals surface area contributed by atoms with Crippen molar-refractivity contribution >= 4 is 29.1 Å². The number of rotatable bonds is 6. The van der Waals surface area contributed by atoms with Crippen molar-refractivity contribution in [2.24, 2.45) is 0 Å². The van der Waals surface area contributed by atoms with Gasteiger partial charge in [-0.1, -0.05) is 23.7 Å². The Morgan fingerprint density at radius 3 is 2.58 bits per heavy atom. The van der Waals surface area contributed by atoms with Gasteiger partial charge in [0.15, 0.2) is 0 Å². The molecule has 0 saturated heterocycles. The first kappa shape index (κ1) is 14.1. The maximum Gasteiger partial charge on any atom is 0.132 e. The highest BCUT2D eigenvalue weighted by molar-refractivity contribution is 7.98. The van der Waals surface area contributed by atoms with Crippen LogP contribution < -0.4 is 10.1 Å².